The summed E-state index contributed by atoms with van der Waals surface area (Å²) in [5.74, 6) is 1.33. The number of hydrogen-bond donors (Lipinski definition) is 0. The van der Waals surface area contributed by atoms with Crippen LogP contribution in [0, 0.1) is 23.7 Å². The molecule has 0 aliphatic heterocycles. The molecule has 158 valence electrons. The van der Waals surface area contributed by atoms with Gasteiger partial charge in [-0.2, -0.15) is 8.78 Å². The van der Waals surface area contributed by atoms with Gasteiger partial charge in [0.05, 0.1) is 12.0 Å². The highest BCUT2D eigenvalue weighted by molar-refractivity contribution is 4.86. The van der Waals surface area contributed by atoms with E-state index in [0.717, 1.165) is 18.8 Å². The van der Waals surface area contributed by atoms with Crippen molar-refractivity contribution in [3.8, 4) is 0 Å². The third-order valence-electron chi connectivity index (χ3n) is 6.94. The average Bonchev–Trinajstić information content (AvgIpc) is 2.59. The first-order chi connectivity index (χ1) is 11.8. The highest BCUT2D eigenvalue weighted by atomic mass is 19.3. The van der Waals surface area contributed by atoms with E-state index in [4.69, 9.17) is 4.74 Å². The lowest BCUT2D eigenvalue weighted by Gasteiger charge is -2.40. The van der Waals surface area contributed by atoms with Crippen LogP contribution in [0.3, 0.4) is 0 Å². The topological polar surface area (TPSA) is 40.7 Å². The lowest BCUT2D eigenvalue weighted by molar-refractivity contribution is -0.304. The highest BCUT2D eigenvalue weighted by Gasteiger charge is 2.46. The van der Waals surface area contributed by atoms with Crippen molar-refractivity contribution in [3.05, 3.63) is 0 Å². The Morgan fingerprint density at radius 2 is 1.31 bits per heavy atom. The summed E-state index contributed by atoms with van der Waals surface area (Å²) in [5, 5.41) is 0. The molecule has 0 spiro atoms. The summed E-state index contributed by atoms with van der Waals surface area (Å²) in [6.45, 7) is 2.30. The molecule has 0 aromatic rings. The van der Waals surface area contributed by atoms with Crippen molar-refractivity contribution < 1.29 is 30.6 Å². The van der Waals surface area contributed by atoms with Gasteiger partial charge in [-0.1, -0.05) is 19.8 Å². The number of alkyl halides is 4. The molecule has 3 saturated carbocycles. The van der Waals surface area contributed by atoms with Crippen molar-refractivity contribution in [3.63, 3.8) is 0 Å². The van der Waals surface area contributed by atoms with Gasteiger partial charge in [0.25, 0.3) is 0 Å². The molecule has 0 aromatic heterocycles. The second-order valence-corrected chi connectivity index (χ2v) is 8.78. The van der Waals surface area contributed by atoms with Crippen molar-refractivity contribution in [1.29, 1.82) is 0 Å². The summed E-state index contributed by atoms with van der Waals surface area (Å²) >= 11 is 0. The molecule has 3 aliphatic carbocycles. The van der Waals surface area contributed by atoms with Crippen LogP contribution in [-0.2, 0) is 4.74 Å². The molecule has 3 fully saturated rings. The zero-order valence-corrected chi connectivity index (χ0v) is 15.7. The van der Waals surface area contributed by atoms with Crippen LogP contribution < -0.4 is 0 Å². The third kappa shape index (κ3) is 5.34. The standard InChI is InChI=1S/C20H32F4O.H2O.2H2/c1-13-2-4-14(5-3-13)15-6-8-16(9-7-15)20(23,24)25-17-10-11-18(21)19(22)12-17;;;/h13-19H,2-12H2,1H3;1H2;2*1H. The summed E-state index contributed by atoms with van der Waals surface area (Å²) < 4.78 is 60.6. The van der Waals surface area contributed by atoms with E-state index in [1.165, 1.54) is 25.7 Å². The van der Waals surface area contributed by atoms with E-state index in [1.54, 1.807) is 0 Å². The van der Waals surface area contributed by atoms with E-state index >= 15 is 0 Å². The molecule has 0 heterocycles. The average molecular weight is 387 g/mol. The molecule has 0 radical (unpaired) electrons. The van der Waals surface area contributed by atoms with Crippen LogP contribution in [0.4, 0.5) is 17.6 Å². The fourth-order valence-electron chi connectivity index (χ4n) is 5.15. The van der Waals surface area contributed by atoms with Gasteiger partial charge in [-0.3, -0.25) is 0 Å². The predicted octanol–water partition coefficient (Wildman–Crippen LogP) is 6.12. The lowest BCUT2D eigenvalue weighted by atomic mass is 9.69. The number of hydrogen-bond acceptors (Lipinski definition) is 1. The van der Waals surface area contributed by atoms with Crippen molar-refractivity contribution in [2.75, 3.05) is 0 Å². The van der Waals surface area contributed by atoms with Gasteiger partial charge in [0.2, 0.25) is 0 Å². The maximum absolute atomic E-state index is 14.5. The molecular formula is C20H38F4O2. The summed E-state index contributed by atoms with van der Waals surface area (Å²) in [4.78, 5) is 0. The SMILES string of the molecule is CC1CCC(C2CCC(C(F)(F)OC3CCC(F)C(F)C3)CC2)CC1.O.[HH].[HH]. The number of rotatable bonds is 4. The molecule has 3 rings (SSSR count). The van der Waals surface area contributed by atoms with E-state index in [0.29, 0.717) is 24.7 Å². The second kappa shape index (κ2) is 9.22. The molecule has 3 unspecified atom stereocenters. The summed E-state index contributed by atoms with van der Waals surface area (Å²) in [6.07, 6.45) is 0.377. The first-order valence-corrected chi connectivity index (χ1v) is 10.2. The van der Waals surface area contributed by atoms with Crippen molar-refractivity contribution >= 4 is 0 Å². The fraction of sp³-hybridized carbons (Fsp3) is 1.00. The quantitative estimate of drug-likeness (QED) is 0.536. The molecule has 0 amide bonds. The maximum atomic E-state index is 14.5. The zero-order chi connectivity index (χ0) is 18.0. The Labute approximate surface area is 157 Å². The Kier molecular flexibility index (Phi) is 7.78. The van der Waals surface area contributed by atoms with Gasteiger partial charge in [-0.25, -0.2) is 8.78 Å². The van der Waals surface area contributed by atoms with Gasteiger partial charge in [-0.15, -0.1) is 0 Å². The molecular weight excluding hydrogens is 348 g/mol. The number of halogens is 4. The first kappa shape index (κ1) is 21.9. The Balaban J connectivity index is 0.00000243. The van der Waals surface area contributed by atoms with Crippen LogP contribution >= 0.6 is 0 Å². The maximum Gasteiger partial charge on any atom is 0.358 e. The summed E-state index contributed by atoms with van der Waals surface area (Å²) in [6, 6.07) is 0. The van der Waals surface area contributed by atoms with E-state index < -0.39 is 30.5 Å². The van der Waals surface area contributed by atoms with E-state index in [-0.39, 0.29) is 27.6 Å². The van der Waals surface area contributed by atoms with Gasteiger partial charge in [0.1, 0.15) is 12.3 Å². The van der Waals surface area contributed by atoms with Crippen LogP contribution in [0.25, 0.3) is 0 Å². The van der Waals surface area contributed by atoms with E-state index in [2.05, 4.69) is 6.92 Å². The minimum Gasteiger partial charge on any atom is -0.412 e. The highest BCUT2D eigenvalue weighted by Crippen LogP contribution is 2.46. The predicted molar refractivity (Wildman–Crippen MR) is 97.9 cm³/mol. The van der Waals surface area contributed by atoms with Crippen molar-refractivity contribution in [2.45, 2.75) is 102 Å². The molecule has 3 atom stereocenters. The molecule has 0 saturated heterocycles. The molecule has 6 heteroatoms. The largest absolute Gasteiger partial charge is 0.412 e. The van der Waals surface area contributed by atoms with Gasteiger partial charge in [0, 0.05) is 9.27 Å². The van der Waals surface area contributed by atoms with Crippen molar-refractivity contribution in [1.82, 2.24) is 0 Å². The summed E-state index contributed by atoms with van der Waals surface area (Å²) in [7, 11) is 0. The van der Waals surface area contributed by atoms with Crippen molar-refractivity contribution in [2.24, 2.45) is 23.7 Å². The first-order valence-electron chi connectivity index (χ1n) is 10.2. The Morgan fingerprint density at radius 3 is 1.85 bits per heavy atom. The summed E-state index contributed by atoms with van der Waals surface area (Å²) in [5.41, 5.74) is 0. The molecule has 3 aliphatic rings. The Bertz CT molecular complexity index is 428. The lowest BCUT2D eigenvalue weighted by Crippen LogP contribution is -2.42. The monoisotopic (exact) mass is 386 g/mol. The smallest absolute Gasteiger partial charge is 0.358 e. The number of ether oxygens (including phenoxy) is 1. The van der Waals surface area contributed by atoms with Crippen LogP contribution in [-0.4, -0.2) is 30.0 Å². The van der Waals surface area contributed by atoms with Gasteiger partial charge >= 0.3 is 6.11 Å². The molecule has 2 nitrogen and oxygen atoms in total. The molecule has 0 bridgehead atoms. The van der Waals surface area contributed by atoms with Crippen LogP contribution in [0.1, 0.15) is 80.4 Å². The minimum absolute atomic E-state index is 0. The Morgan fingerprint density at radius 1 is 0.769 bits per heavy atom. The van der Waals surface area contributed by atoms with Crippen LogP contribution in [0.2, 0.25) is 0 Å². The van der Waals surface area contributed by atoms with E-state index in [1.807, 2.05) is 0 Å². The van der Waals surface area contributed by atoms with Gasteiger partial charge in [0.15, 0.2) is 0 Å². The second-order valence-electron chi connectivity index (χ2n) is 8.78. The molecule has 2 N–H and O–H groups in total. The normalized spacial score (nSPS) is 42.1. The van der Waals surface area contributed by atoms with E-state index in [9.17, 15) is 17.6 Å². The fourth-order valence-corrected chi connectivity index (χ4v) is 5.15. The third-order valence-corrected chi connectivity index (χ3v) is 6.94. The minimum atomic E-state index is -3.21. The van der Waals surface area contributed by atoms with Crippen LogP contribution in [0.15, 0.2) is 0 Å². The van der Waals surface area contributed by atoms with Gasteiger partial charge < -0.3 is 10.2 Å². The van der Waals surface area contributed by atoms with Gasteiger partial charge in [-0.05, 0) is 69.1 Å². The van der Waals surface area contributed by atoms with Crippen LogP contribution in [0.5, 0.6) is 0 Å². The molecule has 26 heavy (non-hydrogen) atoms. The Hall–Kier alpha value is -0.360. The molecule has 0 aromatic carbocycles. The zero-order valence-electron chi connectivity index (χ0n) is 15.7.